The highest BCUT2D eigenvalue weighted by Gasteiger charge is 2.23. The quantitative estimate of drug-likeness (QED) is 0.699. The van der Waals surface area contributed by atoms with Crippen molar-refractivity contribution in [2.45, 2.75) is 39.2 Å². The molecule has 0 aromatic heterocycles. The van der Waals surface area contributed by atoms with Crippen LogP contribution in [-0.2, 0) is 10.0 Å². The molecule has 1 aliphatic carbocycles. The Bertz CT molecular complexity index is 654. The number of halogens is 1. The highest BCUT2D eigenvalue weighted by Crippen LogP contribution is 2.31. The van der Waals surface area contributed by atoms with Crippen molar-refractivity contribution in [1.82, 2.24) is 4.72 Å². The molecule has 0 saturated heterocycles. The zero-order valence-corrected chi connectivity index (χ0v) is 14.4. The van der Waals surface area contributed by atoms with Gasteiger partial charge in [-0.05, 0) is 49.8 Å². The monoisotopic (exact) mass is 341 g/mol. The number of hydrogen-bond acceptors (Lipinski definition) is 3. The van der Waals surface area contributed by atoms with E-state index in [9.17, 15) is 12.8 Å². The highest BCUT2D eigenvalue weighted by atomic mass is 32.2. The van der Waals surface area contributed by atoms with Crippen LogP contribution in [0.15, 0.2) is 30.4 Å². The molecule has 4 nitrogen and oxygen atoms in total. The van der Waals surface area contributed by atoms with Gasteiger partial charge in [0.2, 0.25) is 10.0 Å². The fourth-order valence-electron chi connectivity index (χ4n) is 2.14. The minimum Gasteiger partial charge on any atom is -0.490 e. The maximum Gasteiger partial charge on any atom is 0.215 e. The predicted molar refractivity (Wildman–Crippen MR) is 89.4 cm³/mol. The predicted octanol–water partition coefficient (Wildman–Crippen LogP) is 3.56. The Kier molecular flexibility index (Phi) is 6.18. The first-order valence-electron chi connectivity index (χ1n) is 7.98. The van der Waals surface area contributed by atoms with Crippen LogP contribution in [0.1, 0.15) is 44.7 Å². The van der Waals surface area contributed by atoms with E-state index >= 15 is 0 Å². The zero-order chi connectivity index (χ0) is 16.9. The molecule has 1 aromatic carbocycles. The van der Waals surface area contributed by atoms with Gasteiger partial charge in [-0.15, -0.1) is 0 Å². The van der Waals surface area contributed by atoms with Gasteiger partial charge in [0.25, 0.3) is 0 Å². The molecule has 0 aliphatic heterocycles. The molecule has 23 heavy (non-hydrogen) atoms. The third-order valence-corrected chi connectivity index (χ3v) is 5.05. The first-order valence-corrected chi connectivity index (χ1v) is 9.63. The van der Waals surface area contributed by atoms with Crippen molar-refractivity contribution in [3.8, 4) is 5.75 Å². The molecule has 2 rings (SSSR count). The summed E-state index contributed by atoms with van der Waals surface area (Å²) in [7, 11) is -3.41. The summed E-state index contributed by atoms with van der Waals surface area (Å²) in [5, 5.41) is 0. The first kappa shape index (κ1) is 17.9. The van der Waals surface area contributed by atoms with E-state index in [1.165, 1.54) is 6.07 Å². The Balaban J connectivity index is 2.01. The number of ether oxygens (including phenoxy) is 1. The Morgan fingerprint density at radius 3 is 2.78 bits per heavy atom. The summed E-state index contributed by atoms with van der Waals surface area (Å²) in [6.45, 7) is 4.20. The van der Waals surface area contributed by atoms with Crippen LogP contribution in [0.25, 0.3) is 0 Å². The van der Waals surface area contributed by atoms with E-state index in [2.05, 4.69) is 4.72 Å². The van der Waals surface area contributed by atoms with Gasteiger partial charge in [-0.25, -0.2) is 17.5 Å². The van der Waals surface area contributed by atoms with Crippen molar-refractivity contribution in [1.29, 1.82) is 0 Å². The summed E-state index contributed by atoms with van der Waals surface area (Å²) >= 11 is 0. The van der Waals surface area contributed by atoms with Crippen molar-refractivity contribution in [3.05, 3.63) is 41.7 Å². The Morgan fingerprint density at radius 2 is 2.13 bits per heavy atom. The molecule has 0 unspecified atom stereocenters. The molecule has 1 fully saturated rings. The summed E-state index contributed by atoms with van der Waals surface area (Å²) in [5.74, 6) is 0.234. The average molecular weight is 341 g/mol. The normalized spacial score (nSPS) is 16.7. The molecule has 1 atom stereocenters. The number of hydrogen-bond donors (Lipinski definition) is 1. The van der Waals surface area contributed by atoms with Crippen LogP contribution >= 0.6 is 0 Å². The van der Waals surface area contributed by atoms with E-state index in [0.29, 0.717) is 18.1 Å². The minimum atomic E-state index is -3.41. The second-order valence-electron chi connectivity index (χ2n) is 5.94. The van der Waals surface area contributed by atoms with Crippen LogP contribution in [0.2, 0.25) is 0 Å². The van der Waals surface area contributed by atoms with E-state index in [0.717, 1.165) is 19.3 Å². The van der Waals surface area contributed by atoms with Gasteiger partial charge in [0.15, 0.2) is 11.6 Å². The van der Waals surface area contributed by atoms with Crippen LogP contribution in [0, 0.1) is 11.7 Å². The van der Waals surface area contributed by atoms with Gasteiger partial charge in [0.1, 0.15) is 0 Å². The molecular formula is C17H24FNO3S. The van der Waals surface area contributed by atoms with Crippen LogP contribution in [0.5, 0.6) is 5.75 Å². The van der Waals surface area contributed by atoms with Crippen molar-refractivity contribution in [2.75, 3.05) is 12.4 Å². The molecule has 0 amide bonds. The zero-order valence-electron chi connectivity index (χ0n) is 13.6. The Hall–Kier alpha value is -1.40. The number of sulfonamides is 1. The topological polar surface area (TPSA) is 55.4 Å². The molecule has 0 heterocycles. The number of rotatable bonds is 9. The highest BCUT2D eigenvalue weighted by molar-refractivity contribution is 7.89. The SMILES string of the molecule is CC/C=C/CS(=O)(=O)N[C@H](C)c1ccc(F)c(OCC2CC2)c1. The van der Waals surface area contributed by atoms with Crippen LogP contribution in [-0.4, -0.2) is 20.8 Å². The van der Waals surface area contributed by atoms with Crippen molar-refractivity contribution < 1.29 is 17.5 Å². The summed E-state index contributed by atoms with van der Waals surface area (Å²) in [4.78, 5) is 0. The fraction of sp³-hybridized carbons (Fsp3) is 0.529. The van der Waals surface area contributed by atoms with Crippen molar-refractivity contribution in [3.63, 3.8) is 0 Å². The van der Waals surface area contributed by atoms with Crippen LogP contribution in [0.4, 0.5) is 4.39 Å². The van der Waals surface area contributed by atoms with E-state index in [4.69, 9.17) is 4.74 Å². The molecule has 6 heteroatoms. The van der Waals surface area contributed by atoms with Crippen LogP contribution in [0.3, 0.4) is 0 Å². The summed E-state index contributed by atoms with van der Waals surface area (Å²) in [6, 6.07) is 4.03. The third kappa shape index (κ3) is 5.95. The lowest BCUT2D eigenvalue weighted by Gasteiger charge is -2.15. The first-order chi connectivity index (χ1) is 10.9. The molecule has 1 N–H and O–H groups in total. The van der Waals surface area contributed by atoms with E-state index in [1.807, 2.05) is 13.0 Å². The Morgan fingerprint density at radius 1 is 1.39 bits per heavy atom. The van der Waals surface area contributed by atoms with Gasteiger partial charge in [0.05, 0.1) is 12.4 Å². The molecule has 0 bridgehead atoms. The second kappa shape index (κ2) is 7.93. The van der Waals surface area contributed by atoms with Gasteiger partial charge in [-0.2, -0.15) is 0 Å². The van der Waals surface area contributed by atoms with Gasteiger partial charge in [-0.3, -0.25) is 0 Å². The molecule has 1 aliphatic rings. The maximum absolute atomic E-state index is 13.8. The standard InChI is InChI=1S/C17H24FNO3S/c1-3-4-5-10-23(20,21)19-13(2)15-8-9-16(18)17(11-15)22-12-14-6-7-14/h4-5,8-9,11,13-14,19H,3,6-7,10,12H2,1-2H3/b5-4+/t13-/m1/s1. The number of nitrogens with one attached hydrogen (secondary N) is 1. The smallest absolute Gasteiger partial charge is 0.215 e. The van der Waals surface area contributed by atoms with E-state index < -0.39 is 21.9 Å². The molecule has 0 spiro atoms. The average Bonchev–Trinajstić information content (AvgIpc) is 3.30. The molecular weight excluding hydrogens is 317 g/mol. The lowest BCUT2D eigenvalue weighted by molar-refractivity contribution is 0.285. The Labute approximate surface area is 137 Å². The van der Waals surface area contributed by atoms with Gasteiger partial charge >= 0.3 is 0 Å². The minimum absolute atomic E-state index is 0.0581. The second-order valence-corrected chi connectivity index (χ2v) is 7.74. The van der Waals surface area contributed by atoms with Gasteiger partial charge in [0, 0.05) is 6.04 Å². The van der Waals surface area contributed by atoms with Gasteiger partial charge in [-0.1, -0.05) is 25.1 Å². The molecule has 0 radical (unpaired) electrons. The van der Waals surface area contributed by atoms with Crippen molar-refractivity contribution in [2.24, 2.45) is 5.92 Å². The third-order valence-electron chi connectivity index (χ3n) is 3.70. The lowest BCUT2D eigenvalue weighted by atomic mass is 10.1. The lowest BCUT2D eigenvalue weighted by Crippen LogP contribution is -2.28. The van der Waals surface area contributed by atoms with Crippen LogP contribution < -0.4 is 9.46 Å². The number of benzene rings is 1. The summed E-state index contributed by atoms with van der Waals surface area (Å²) in [5.41, 5.74) is 0.681. The fourth-order valence-corrected chi connectivity index (χ4v) is 3.30. The number of allylic oxidation sites excluding steroid dienone is 1. The largest absolute Gasteiger partial charge is 0.490 e. The maximum atomic E-state index is 13.8. The summed E-state index contributed by atoms with van der Waals surface area (Å²) < 4.78 is 45.9. The molecule has 1 saturated carbocycles. The van der Waals surface area contributed by atoms with E-state index in [1.54, 1.807) is 25.1 Å². The van der Waals surface area contributed by atoms with Gasteiger partial charge < -0.3 is 4.74 Å². The summed E-state index contributed by atoms with van der Waals surface area (Å²) in [6.07, 6.45) is 6.49. The van der Waals surface area contributed by atoms with E-state index in [-0.39, 0.29) is 11.5 Å². The molecule has 128 valence electrons. The van der Waals surface area contributed by atoms with Crippen molar-refractivity contribution >= 4 is 10.0 Å². The molecule has 1 aromatic rings.